The highest BCUT2D eigenvalue weighted by Crippen LogP contribution is 2.24. The number of hydrogen-bond donors (Lipinski definition) is 5. The summed E-state index contributed by atoms with van der Waals surface area (Å²) in [6, 6.07) is 11.2. The van der Waals surface area contributed by atoms with E-state index in [1.807, 2.05) is 19.1 Å². The number of nitrogens with zero attached hydrogens (tertiary/aromatic N) is 2. The Balaban J connectivity index is 1.19. The van der Waals surface area contributed by atoms with Gasteiger partial charge in [0.2, 0.25) is 5.91 Å². The predicted molar refractivity (Wildman–Crippen MR) is 159 cm³/mol. The number of aryl methyl sites for hydroxylation is 1. The van der Waals surface area contributed by atoms with Gasteiger partial charge in [0, 0.05) is 24.2 Å². The van der Waals surface area contributed by atoms with Crippen LogP contribution in [0.1, 0.15) is 71.4 Å². The summed E-state index contributed by atoms with van der Waals surface area (Å²) in [6.07, 6.45) is 6.33. The summed E-state index contributed by atoms with van der Waals surface area (Å²) in [7, 11) is 0. The molecule has 214 valence electrons. The molecule has 2 heterocycles. The molecule has 2 aromatic carbocycles. The standard InChI is InChI=1S/C30H34FN7O3/c1-18-25(17-34-38-28-21-16-20(31)13-14-23(21)37-30(28)41)35-19(2)27(18)29(40)33-15-9-5-3-4-6-12-26(39)36-24-11-8-7-10-22(24)32/h7-8,10-11,13-14,16-17,35H,3-6,9,12,15,32H2,1-2H3,(H,33,40)(H,36,39)(H,37,38,41)/b34-17+. The third-order valence-electron chi connectivity index (χ3n) is 6.85. The molecule has 1 aromatic heterocycles. The molecule has 0 unspecified atom stereocenters. The Labute approximate surface area is 237 Å². The number of unbranched alkanes of at least 4 members (excludes halogenated alkanes) is 4. The van der Waals surface area contributed by atoms with Crippen molar-refractivity contribution in [3.8, 4) is 0 Å². The third-order valence-corrected chi connectivity index (χ3v) is 6.85. The van der Waals surface area contributed by atoms with Gasteiger partial charge in [0.25, 0.3) is 11.8 Å². The summed E-state index contributed by atoms with van der Waals surface area (Å²) in [5.41, 5.74) is 10.4. The second-order valence-electron chi connectivity index (χ2n) is 9.91. The van der Waals surface area contributed by atoms with E-state index in [0.29, 0.717) is 58.1 Å². The van der Waals surface area contributed by atoms with Gasteiger partial charge in [-0.3, -0.25) is 14.4 Å². The van der Waals surface area contributed by atoms with E-state index in [4.69, 9.17) is 5.73 Å². The van der Waals surface area contributed by atoms with Crippen LogP contribution >= 0.6 is 0 Å². The average molecular weight is 560 g/mol. The summed E-state index contributed by atoms with van der Waals surface area (Å²) >= 11 is 0. The first-order chi connectivity index (χ1) is 19.7. The van der Waals surface area contributed by atoms with Gasteiger partial charge < -0.3 is 26.7 Å². The van der Waals surface area contributed by atoms with Gasteiger partial charge in [-0.15, -0.1) is 5.10 Å². The Morgan fingerprint density at radius 2 is 1.80 bits per heavy atom. The maximum Gasteiger partial charge on any atom is 0.276 e. The van der Waals surface area contributed by atoms with Crippen LogP contribution in [0, 0.1) is 19.7 Å². The molecule has 4 rings (SSSR count). The Kier molecular flexibility index (Phi) is 9.62. The van der Waals surface area contributed by atoms with E-state index in [1.54, 1.807) is 19.1 Å². The van der Waals surface area contributed by atoms with Crippen molar-refractivity contribution >= 4 is 46.7 Å². The molecular formula is C30H34FN7O3. The molecule has 0 saturated heterocycles. The lowest BCUT2D eigenvalue weighted by molar-refractivity contribution is -0.116. The number of carbonyl (C=O) groups is 3. The van der Waals surface area contributed by atoms with Crippen molar-refractivity contribution in [3.63, 3.8) is 0 Å². The molecule has 3 aromatic rings. The highest BCUT2D eigenvalue weighted by atomic mass is 19.1. The number of H-pyrrole nitrogens is 1. The van der Waals surface area contributed by atoms with E-state index >= 15 is 0 Å². The molecule has 41 heavy (non-hydrogen) atoms. The smallest absolute Gasteiger partial charge is 0.276 e. The summed E-state index contributed by atoms with van der Waals surface area (Å²) < 4.78 is 13.6. The lowest BCUT2D eigenvalue weighted by atomic mass is 10.1. The van der Waals surface area contributed by atoms with Crippen LogP contribution in [0.2, 0.25) is 0 Å². The molecule has 0 spiro atoms. The van der Waals surface area contributed by atoms with Crippen LogP contribution in [0.4, 0.5) is 21.5 Å². The zero-order chi connectivity index (χ0) is 29.4. The molecule has 6 N–H and O–H groups in total. The SMILES string of the molecule is Cc1[nH]c(/C=N/N=C2\C(=O)Nc3ccc(F)cc32)c(C)c1C(=O)NCCCCCCCC(=O)Nc1ccccc1N. The zero-order valence-electron chi connectivity index (χ0n) is 23.1. The number of carbonyl (C=O) groups excluding carboxylic acids is 3. The Hall–Kier alpha value is -4.80. The number of nitrogen functional groups attached to an aromatic ring is 1. The lowest BCUT2D eigenvalue weighted by Crippen LogP contribution is -2.25. The second-order valence-corrected chi connectivity index (χ2v) is 9.91. The van der Waals surface area contributed by atoms with E-state index in [9.17, 15) is 18.8 Å². The average Bonchev–Trinajstić information content (AvgIpc) is 3.40. The molecule has 1 aliphatic heterocycles. The number of benzene rings is 2. The lowest BCUT2D eigenvalue weighted by Gasteiger charge is -2.08. The number of nitrogens with one attached hydrogen (secondary N) is 4. The number of nitrogens with two attached hydrogens (primary N) is 1. The maximum atomic E-state index is 13.6. The minimum absolute atomic E-state index is 0.0234. The monoisotopic (exact) mass is 559 g/mol. The van der Waals surface area contributed by atoms with Gasteiger partial charge in [-0.2, -0.15) is 5.10 Å². The highest BCUT2D eigenvalue weighted by Gasteiger charge is 2.26. The number of aromatic nitrogens is 1. The minimum atomic E-state index is -0.474. The molecular weight excluding hydrogens is 525 g/mol. The first-order valence-corrected chi connectivity index (χ1v) is 13.6. The Morgan fingerprint density at radius 3 is 2.61 bits per heavy atom. The van der Waals surface area contributed by atoms with Crippen LogP contribution in [0.15, 0.2) is 52.7 Å². The molecule has 0 atom stereocenters. The fraction of sp³-hybridized carbons (Fsp3) is 0.300. The van der Waals surface area contributed by atoms with E-state index in [1.165, 1.54) is 24.4 Å². The van der Waals surface area contributed by atoms with Crippen LogP contribution in [0.25, 0.3) is 0 Å². The normalized spacial score (nSPS) is 13.4. The van der Waals surface area contributed by atoms with Crippen molar-refractivity contribution in [2.24, 2.45) is 10.2 Å². The number of para-hydroxylation sites is 2. The first kappa shape index (κ1) is 29.2. The first-order valence-electron chi connectivity index (χ1n) is 13.6. The molecule has 0 radical (unpaired) electrons. The largest absolute Gasteiger partial charge is 0.397 e. The molecule has 0 aliphatic carbocycles. The van der Waals surface area contributed by atoms with Crippen LogP contribution in [0.5, 0.6) is 0 Å². The van der Waals surface area contributed by atoms with Crippen LogP contribution in [-0.4, -0.2) is 41.2 Å². The van der Waals surface area contributed by atoms with Gasteiger partial charge in [0.15, 0.2) is 5.71 Å². The van der Waals surface area contributed by atoms with Crippen molar-refractivity contribution in [2.45, 2.75) is 52.4 Å². The number of fused-ring (bicyclic) bond motifs is 1. The summed E-state index contributed by atoms with van der Waals surface area (Å²) in [5.74, 6) is -1.16. The maximum absolute atomic E-state index is 13.6. The van der Waals surface area contributed by atoms with Crippen LogP contribution < -0.4 is 21.7 Å². The van der Waals surface area contributed by atoms with Gasteiger partial charge in [0.1, 0.15) is 5.82 Å². The van der Waals surface area contributed by atoms with E-state index in [2.05, 4.69) is 31.1 Å². The van der Waals surface area contributed by atoms with Gasteiger partial charge in [-0.25, -0.2) is 4.39 Å². The van der Waals surface area contributed by atoms with Crippen LogP contribution in [0.3, 0.4) is 0 Å². The minimum Gasteiger partial charge on any atom is -0.397 e. The van der Waals surface area contributed by atoms with E-state index in [-0.39, 0.29) is 17.5 Å². The fourth-order valence-corrected chi connectivity index (χ4v) is 4.67. The fourth-order valence-electron chi connectivity index (χ4n) is 4.67. The van der Waals surface area contributed by atoms with E-state index < -0.39 is 11.7 Å². The molecule has 0 bridgehead atoms. The number of anilines is 3. The number of amides is 3. The van der Waals surface area contributed by atoms with Crippen molar-refractivity contribution in [1.29, 1.82) is 0 Å². The number of hydrogen-bond acceptors (Lipinski definition) is 6. The molecule has 10 nitrogen and oxygen atoms in total. The number of rotatable bonds is 12. The summed E-state index contributed by atoms with van der Waals surface area (Å²) in [6.45, 7) is 4.15. The van der Waals surface area contributed by atoms with Gasteiger partial charge >= 0.3 is 0 Å². The topological polar surface area (TPSA) is 154 Å². The quantitative estimate of drug-likeness (QED) is 0.0933. The summed E-state index contributed by atoms with van der Waals surface area (Å²) in [5, 5.41) is 16.4. The van der Waals surface area contributed by atoms with Crippen molar-refractivity contribution in [2.75, 3.05) is 22.9 Å². The van der Waals surface area contributed by atoms with Crippen molar-refractivity contribution in [3.05, 3.63) is 76.4 Å². The van der Waals surface area contributed by atoms with Gasteiger partial charge in [-0.05, 0) is 62.6 Å². The molecule has 3 amide bonds. The Bertz CT molecular complexity index is 1510. The highest BCUT2D eigenvalue weighted by molar-refractivity contribution is 6.53. The number of halogens is 1. The third kappa shape index (κ3) is 7.44. The van der Waals surface area contributed by atoms with Gasteiger partial charge in [0.05, 0.1) is 34.5 Å². The second kappa shape index (κ2) is 13.5. The summed E-state index contributed by atoms with van der Waals surface area (Å²) in [4.78, 5) is 40.2. The van der Waals surface area contributed by atoms with Crippen molar-refractivity contribution in [1.82, 2.24) is 10.3 Å². The van der Waals surface area contributed by atoms with E-state index in [0.717, 1.165) is 32.1 Å². The van der Waals surface area contributed by atoms with Crippen LogP contribution in [-0.2, 0) is 9.59 Å². The van der Waals surface area contributed by atoms with Gasteiger partial charge in [-0.1, -0.05) is 31.4 Å². The number of aromatic amines is 1. The predicted octanol–water partition coefficient (Wildman–Crippen LogP) is 4.84. The molecule has 0 fully saturated rings. The zero-order valence-corrected chi connectivity index (χ0v) is 23.1. The molecule has 11 heteroatoms. The van der Waals surface area contributed by atoms with Crippen molar-refractivity contribution < 1.29 is 18.8 Å². The Morgan fingerprint density at radius 1 is 1.05 bits per heavy atom. The molecule has 0 saturated carbocycles. The molecule has 1 aliphatic rings.